The van der Waals surface area contributed by atoms with Crippen LogP contribution in [0.25, 0.3) is 0 Å². The van der Waals surface area contributed by atoms with Gasteiger partial charge in [0.25, 0.3) is 0 Å². The number of rotatable bonds is 2. The minimum absolute atomic E-state index is 0.0569. The molecule has 1 heterocycles. The van der Waals surface area contributed by atoms with Crippen LogP contribution in [0.15, 0.2) is 12.1 Å². The molecule has 0 aromatic carbocycles. The van der Waals surface area contributed by atoms with Gasteiger partial charge >= 0.3 is 6.18 Å². The molecule has 0 amide bonds. The number of alkyl halides is 3. The number of halogens is 4. The van der Waals surface area contributed by atoms with E-state index in [9.17, 15) is 13.2 Å². The van der Waals surface area contributed by atoms with Crippen LogP contribution in [0.4, 0.5) is 13.2 Å². The van der Waals surface area contributed by atoms with Gasteiger partial charge in [-0.3, -0.25) is 0 Å². The average Bonchev–Trinajstić information content (AvgIpc) is 2.05. The van der Waals surface area contributed by atoms with Crippen molar-refractivity contribution in [3.05, 3.63) is 28.5 Å². The van der Waals surface area contributed by atoms with Crippen LogP contribution >= 0.6 is 11.6 Å². The third-order valence-electron chi connectivity index (χ3n) is 1.84. The molecule has 0 bridgehead atoms. The summed E-state index contributed by atoms with van der Waals surface area (Å²) in [5.41, 5.74) is -0.292. The van der Waals surface area contributed by atoms with Crippen molar-refractivity contribution in [3.8, 4) is 0 Å². The highest BCUT2D eigenvalue weighted by atomic mass is 35.5. The van der Waals surface area contributed by atoms with E-state index in [1.165, 1.54) is 6.07 Å². The van der Waals surface area contributed by atoms with Crippen molar-refractivity contribution in [1.29, 1.82) is 0 Å². The minimum atomic E-state index is -4.43. The van der Waals surface area contributed by atoms with E-state index in [0.717, 1.165) is 6.07 Å². The van der Waals surface area contributed by atoms with E-state index in [4.69, 9.17) is 11.6 Å². The van der Waals surface area contributed by atoms with Gasteiger partial charge in [0.15, 0.2) is 0 Å². The molecule has 0 saturated carbocycles. The highest BCUT2D eigenvalue weighted by Crippen LogP contribution is 2.29. The van der Waals surface area contributed by atoms with Crippen molar-refractivity contribution in [2.45, 2.75) is 26.4 Å². The predicted octanol–water partition coefficient (Wildman–Crippen LogP) is 3.95. The van der Waals surface area contributed by atoms with Gasteiger partial charge in [-0.1, -0.05) is 31.5 Å². The zero-order valence-electron chi connectivity index (χ0n) is 8.40. The standard InChI is InChI=1S/C10H11ClF3N/c1-6(2)5-7-3-4-8(10(12,13)14)15-9(7)11/h3-4,6H,5H2,1-2H3. The highest BCUT2D eigenvalue weighted by Gasteiger charge is 2.32. The molecule has 0 aliphatic carbocycles. The van der Waals surface area contributed by atoms with E-state index < -0.39 is 11.9 Å². The molecule has 0 N–H and O–H groups in total. The monoisotopic (exact) mass is 237 g/mol. The van der Waals surface area contributed by atoms with E-state index in [2.05, 4.69) is 4.98 Å². The van der Waals surface area contributed by atoms with E-state index in [0.29, 0.717) is 17.9 Å². The van der Waals surface area contributed by atoms with Crippen molar-refractivity contribution in [2.75, 3.05) is 0 Å². The molecule has 0 atom stereocenters. The lowest BCUT2D eigenvalue weighted by Gasteiger charge is -2.10. The van der Waals surface area contributed by atoms with Crippen LogP contribution in [0.2, 0.25) is 5.15 Å². The van der Waals surface area contributed by atoms with Crippen molar-refractivity contribution in [1.82, 2.24) is 4.98 Å². The molecule has 0 saturated heterocycles. The van der Waals surface area contributed by atoms with Crippen molar-refractivity contribution >= 4 is 11.6 Å². The first-order valence-electron chi connectivity index (χ1n) is 4.53. The lowest BCUT2D eigenvalue weighted by Crippen LogP contribution is -2.09. The molecule has 84 valence electrons. The number of aromatic nitrogens is 1. The van der Waals surface area contributed by atoms with Crippen LogP contribution in [0.3, 0.4) is 0 Å². The molecule has 0 spiro atoms. The summed E-state index contributed by atoms with van der Waals surface area (Å²) in [6, 6.07) is 2.35. The molecule has 0 unspecified atom stereocenters. The van der Waals surface area contributed by atoms with Crippen LogP contribution in [-0.4, -0.2) is 4.98 Å². The minimum Gasteiger partial charge on any atom is -0.231 e. The Labute approximate surface area is 91.3 Å². The van der Waals surface area contributed by atoms with E-state index in [1.54, 1.807) is 0 Å². The van der Waals surface area contributed by atoms with Gasteiger partial charge in [0.2, 0.25) is 0 Å². The lowest BCUT2D eigenvalue weighted by atomic mass is 10.0. The third kappa shape index (κ3) is 3.38. The normalized spacial score (nSPS) is 12.2. The van der Waals surface area contributed by atoms with Gasteiger partial charge in [-0.25, -0.2) is 4.98 Å². The van der Waals surface area contributed by atoms with Gasteiger partial charge < -0.3 is 0 Å². The Morgan fingerprint density at radius 3 is 2.33 bits per heavy atom. The Balaban J connectivity index is 2.98. The quantitative estimate of drug-likeness (QED) is 0.710. The zero-order chi connectivity index (χ0) is 11.6. The Hall–Kier alpha value is -0.770. The third-order valence-corrected chi connectivity index (χ3v) is 2.17. The molecule has 1 nitrogen and oxygen atoms in total. The second-order valence-electron chi connectivity index (χ2n) is 3.74. The molecule has 1 rings (SSSR count). The fourth-order valence-corrected chi connectivity index (χ4v) is 1.44. The Morgan fingerprint density at radius 1 is 1.33 bits per heavy atom. The maximum atomic E-state index is 12.2. The summed E-state index contributed by atoms with van der Waals surface area (Å²) in [4.78, 5) is 3.34. The van der Waals surface area contributed by atoms with Gasteiger partial charge in [-0.2, -0.15) is 13.2 Å². The smallest absolute Gasteiger partial charge is 0.231 e. The first kappa shape index (κ1) is 12.3. The summed E-state index contributed by atoms with van der Waals surface area (Å²) in [6.45, 7) is 3.93. The summed E-state index contributed by atoms with van der Waals surface area (Å²) >= 11 is 5.67. The molecule has 1 aromatic heterocycles. The first-order chi connectivity index (χ1) is 6.80. The molecule has 0 aliphatic rings. The molecule has 5 heteroatoms. The average molecular weight is 238 g/mol. The highest BCUT2D eigenvalue weighted by molar-refractivity contribution is 6.30. The fraction of sp³-hybridized carbons (Fsp3) is 0.500. The lowest BCUT2D eigenvalue weighted by molar-refractivity contribution is -0.141. The molecular weight excluding hydrogens is 227 g/mol. The van der Waals surface area contributed by atoms with Crippen molar-refractivity contribution in [3.63, 3.8) is 0 Å². The number of hydrogen-bond donors (Lipinski definition) is 0. The number of pyridine rings is 1. The van der Waals surface area contributed by atoms with Gasteiger partial charge in [0, 0.05) is 0 Å². The van der Waals surface area contributed by atoms with Crippen LogP contribution < -0.4 is 0 Å². The SMILES string of the molecule is CC(C)Cc1ccc(C(F)(F)F)nc1Cl. The Bertz CT molecular complexity index is 347. The number of nitrogens with zero attached hydrogens (tertiary/aromatic N) is 1. The summed E-state index contributed by atoms with van der Waals surface area (Å²) < 4.78 is 36.7. The van der Waals surface area contributed by atoms with Crippen molar-refractivity contribution in [2.24, 2.45) is 5.92 Å². The summed E-state index contributed by atoms with van der Waals surface area (Å²) in [5.74, 6) is 0.334. The molecule has 15 heavy (non-hydrogen) atoms. The number of hydrogen-bond acceptors (Lipinski definition) is 1. The largest absolute Gasteiger partial charge is 0.433 e. The summed E-state index contributed by atoms with van der Waals surface area (Å²) in [5, 5.41) is -0.0569. The van der Waals surface area contributed by atoms with Gasteiger partial charge in [0.1, 0.15) is 10.8 Å². The van der Waals surface area contributed by atoms with Gasteiger partial charge in [-0.15, -0.1) is 0 Å². The van der Waals surface area contributed by atoms with Crippen LogP contribution in [0.5, 0.6) is 0 Å². The molecular formula is C10H11ClF3N. The second kappa shape index (κ2) is 4.39. The predicted molar refractivity (Wildman–Crippen MR) is 52.8 cm³/mol. The Morgan fingerprint density at radius 2 is 1.93 bits per heavy atom. The molecule has 1 aromatic rings. The van der Waals surface area contributed by atoms with E-state index in [1.807, 2.05) is 13.8 Å². The maximum absolute atomic E-state index is 12.2. The summed E-state index contributed by atoms with van der Waals surface area (Å²) in [7, 11) is 0. The van der Waals surface area contributed by atoms with Crippen LogP contribution in [-0.2, 0) is 12.6 Å². The Kier molecular flexibility index (Phi) is 3.60. The topological polar surface area (TPSA) is 12.9 Å². The first-order valence-corrected chi connectivity index (χ1v) is 4.91. The summed E-state index contributed by atoms with van der Waals surface area (Å²) in [6.07, 6.45) is -3.80. The zero-order valence-corrected chi connectivity index (χ0v) is 9.15. The van der Waals surface area contributed by atoms with Gasteiger partial charge in [-0.05, 0) is 24.0 Å². The second-order valence-corrected chi connectivity index (χ2v) is 4.10. The van der Waals surface area contributed by atoms with E-state index >= 15 is 0 Å². The van der Waals surface area contributed by atoms with Crippen LogP contribution in [0, 0.1) is 5.92 Å². The maximum Gasteiger partial charge on any atom is 0.433 e. The molecule has 0 fully saturated rings. The fourth-order valence-electron chi connectivity index (χ4n) is 1.21. The van der Waals surface area contributed by atoms with Gasteiger partial charge in [0.05, 0.1) is 0 Å². The van der Waals surface area contributed by atoms with Crippen LogP contribution in [0.1, 0.15) is 25.1 Å². The molecule has 0 aliphatic heterocycles. The van der Waals surface area contributed by atoms with E-state index in [-0.39, 0.29) is 5.15 Å². The molecule has 0 radical (unpaired) electrons. The van der Waals surface area contributed by atoms with Crippen molar-refractivity contribution < 1.29 is 13.2 Å².